The Hall–Kier alpha value is -2.50. The molecule has 1 N–H and O–H groups in total. The normalized spacial score (nSPS) is 16.1. The summed E-state index contributed by atoms with van der Waals surface area (Å²) < 4.78 is 28.2. The molecule has 26 heavy (non-hydrogen) atoms. The van der Waals surface area contributed by atoms with E-state index in [0.29, 0.717) is 10.7 Å². The molecule has 3 aromatic rings. The number of anilines is 1. The zero-order valence-electron chi connectivity index (χ0n) is 13.9. The molecule has 1 heterocycles. The van der Waals surface area contributed by atoms with Crippen molar-refractivity contribution < 1.29 is 13.5 Å². The topological polar surface area (TPSA) is 57.6 Å². The van der Waals surface area contributed by atoms with Gasteiger partial charge in [-0.3, -0.25) is 4.31 Å². The van der Waals surface area contributed by atoms with Gasteiger partial charge in [0, 0.05) is 10.6 Å². The van der Waals surface area contributed by atoms with E-state index in [1.807, 2.05) is 37.3 Å². The number of sulfonamides is 1. The first kappa shape index (κ1) is 16.9. The fraction of sp³-hybridized carbons (Fsp3) is 0.100. The highest BCUT2D eigenvalue weighted by Gasteiger charge is 2.36. The molecule has 4 nitrogen and oxygen atoms in total. The molecular formula is C20H16ClNO3S. The summed E-state index contributed by atoms with van der Waals surface area (Å²) in [5.41, 5.74) is 3.32. The van der Waals surface area contributed by atoms with Crippen LogP contribution in [0, 0.1) is 0 Å². The first-order chi connectivity index (χ1) is 12.4. The van der Waals surface area contributed by atoms with Crippen molar-refractivity contribution in [3.63, 3.8) is 0 Å². The van der Waals surface area contributed by atoms with Crippen LogP contribution in [-0.2, 0) is 10.0 Å². The van der Waals surface area contributed by atoms with Gasteiger partial charge in [-0.2, -0.15) is 0 Å². The van der Waals surface area contributed by atoms with Crippen molar-refractivity contribution in [2.24, 2.45) is 0 Å². The second-order valence-corrected chi connectivity index (χ2v) is 8.47. The van der Waals surface area contributed by atoms with Crippen LogP contribution in [0.2, 0.25) is 5.02 Å². The second-order valence-electron chi connectivity index (χ2n) is 6.22. The first-order valence-corrected chi connectivity index (χ1v) is 9.94. The number of phenols is 1. The average Bonchev–Trinajstić information content (AvgIpc) is 2.62. The standard InChI is InChI=1S/C20H16ClNO3S/c1-13-17-4-2-3-5-18(17)19-11-6-14(21)12-20(19)22(13)26(24,25)16-9-7-15(23)8-10-16/h2-13,23H,1H3/t13-/m0/s1. The minimum atomic E-state index is -3.84. The van der Waals surface area contributed by atoms with Gasteiger partial charge in [-0.05, 0) is 54.4 Å². The van der Waals surface area contributed by atoms with Crippen LogP contribution in [0.25, 0.3) is 11.1 Å². The molecule has 0 saturated carbocycles. The van der Waals surface area contributed by atoms with Gasteiger partial charge < -0.3 is 5.11 Å². The monoisotopic (exact) mass is 385 g/mol. The zero-order chi connectivity index (χ0) is 18.5. The fourth-order valence-electron chi connectivity index (χ4n) is 3.43. The quantitative estimate of drug-likeness (QED) is 0.676. The Bertz CT molecular complexity index is 1090. The van der Waals surface area contributed by atoms with Crippen LogP contribution in [-0.4, -0.2) is 13.5 Å². The van der Waals surface area contributed by atoms with E-state index in [0.717, 1.165) is 16.7 Å². The molecular weight excluding hydrogens is 370 g/mol. The van der Waals surface area contributed by atoms with Gasteiger partial charge in [0.05, 0.1) is 16.6 Å². The number of halogens is 1. The van der Waals surface area contributed by atoms with E-state index >= 15 is 0 Å². The van der Waals surface area contributed by atoms with Crippen LogP contribution < -0.4 is 4.31 Å². The molecule has 0 aromatic heterocycles. The molecule has 4 rings (SSSR count). The molecule has 0 aliphatic carbocycles. The van der Waals surface area contributed by atoms with Gasteiger partial charge in [0.2, 0.25) is 0 Å². The summed E-state index contributed by atoms with van der Waals surface area (Å²) in [7, 11) is -3.84. The number of rotatable bonds is 2. The Morgan fingerprint density at radius 2 is 1.65 bits per heavy atom. The van der Waals surface area contributed by atoms with Gasteiger partial charge in [-0.15, -0.1) is 0 Å². The molecule has 0 amide bonds. The van der Waals surface area contributed by atoms with E-state index in [2.05, 4.69) is 0 Å². The van der Waals surface area contributed by atoms with E-state index in [1.165, 1.54) is 28.6 Å². The van der Waals surface area contributed by atoms with Crippen molar-refractivity contribution in [1.29, 1.82) is 0 Å². The number of fused-ring (bicyclic) bond motifs is 3. The maximum absolute atomic E-state index is 13.4. The van der Waals surface area contributed by atoms with Crippen molar-refractivity contribution in [2.75, 3.05) is 4.31 Å². The van der Waals surface area contributed by atoms with Crippen molar-refractivity contribution in [1.82, 2.24) is 0 Å². The van der Waals surface area contributed by atoms with Crippen molar-refractivity contribution in [2.45, 2.75) is 17.9 Å². The molecule has 0 saturated heterocycles. The van der Waals surface area contributed by atoms with Crippen LogP contribution >= 0.6 is 11.6 Å². The minimum Gasteiger partial charge on any atom is -0.508 e. The summed E-state index contributed by atoms with van der Waals surface area (Å²) in [5, 5.41) is 9.96. The molecule has 1 atom stereocenters. The Morgan fingerprint density at radius 1 is 0.962 bits per heavy atom. The Balaban J connectivity index is 1.97. The number of phenolic OH excluding ortho intramolecular Hbond substituents is 1. The van der Waals surface area contributed by atoms with Crippen molar-refractivity contribution >= 4 is 27.3 Å². The third-order valence-corrected chi connectivity index (χ3v) is 6.78. The van der Waals surface area contributed by atoms with E-state index in [9.17, 15) is 13.5 Å². The lowest BCUT2D eigenvalue weighted by atomic mass is 9.90. The molecule has 1 aliphatic heterocycles. The Kier molecular flexibility index (Phi) is 3.93. The van der Waals surface area contributed by atoms with Crippen molar-refractivity contribution in [3.8, 4) is 16.9 Å². The Morgan fingerprint density at radius 3 is 2.38 bits per heavy atom. The molecule has 3 aromatic carbocycles. The maximum Gasteiger partial charge on any atom is 0.264 e. The van der Waals surface area contributed by atoms with Gasteiger partial charge >= 0.3 is 0 Å². The van der Waals surface area contributed by atoms with E-state index in [4.69, 9.17) is 11.6 Å². The number of hydrogen-bond acceptors (Lipinski definition) is 3. The predicted molar refractivity (Wildman–Crippen MR) is 103 cm³/mol. The lowest BCUT2D eigenvalue weighted by Gasteiger charge is -2.37. The smallest absolute Gasteiger partial charge is 0.264 e. The third kappa shape index (κ3) is 2.55. The van der Waals surface area contributed by atoms with Gasteiger partial charge in [0.1, 0.15) is 5.75 Å². The molecule has 132 valence electrons. The van der Waals surface area contributed by atoms with E-state index in [-0.39, 0.29) is 10.6 Å². The molecule has 1 aliphatic rings. The largest absolute Gasteiger partial charge is 0.508 e. The van der Waals surface area contributed by atoms with Crippen molar-refractivity contribution in [3.05, 3.63) is 77.3 Å². The number of benzene rings is 3. The highest BCUT2D eigenvalue weighted by atomic mass is 35.5. The lowest BCUT2D eigenvalue weighted by Crippen LogP contribution is -2.36. The van der Waals surface area contributed by atoms with Crippen LogP contribution in [0.3, 0.4) is 0 Å². The second kappa shape index (κ2) is 6.04. The molecule has 6 heteroatoms. The third-order valence-electron chi connectivity index (χ3n) is 4.64. The SMILES string of the molecule is C[C@H]1c2ccccc2-c2ccc(Cl)cc2N1S(=O)(=O)c1ccc(O)cc1. The highest BCUT2D eigenvalue weighted by molar-refractivity contribution is 7.92. The predicted octanol–water partition coefficient (Wildman–Crippen LogP) is 4.98. The number of nitrogens with zero attached hydrogens (tertiary/aromatic N) is 1. The molecule has 0 bridgehead atoms. The Labute approximate surface area is 157 Å². The average molecular weight is 386 g/mol. The van der Waals surface area contributed by atoms with Gasteiger partial charge in [-0.1, -0.05) is 41.9 Å². The summed E-state index contributed by atoms with van der Waals surface area (Å²) in [5.74, 6) is 0.0180. The van der Waals surface area contributed by atoms with E-state index < -0.39 is 16.1 Å². The number of hydrogen-bond donors (Lipinski definition) is 1. The number of aromatic hydroxyl groups is 1. The molecule has 0 spiro atoms. The van der Waals surface area contributed by atoms with Crippen LogP contribution in [0.5, 0.6) is 5.75 Å². The fourth-order valence-corrected chi connectivity index (χ4v) is 5.24. The summed E-state index contributed by atoms with van der Waals surface area (Å²) >= 11 is 6.18. The summed E-state index contributed by atoms with van der Waals surface area (Å²) in [6.07, 6.45) is 0. The first-order valence-electron chi connectivity index (χ1n) is 8.12. The van der Waals surface area contributed by atoms with Gasteiger partial charge in [0.25, 0.3) is 10.0 Å². The summed E-state index contributed by atoms with van der Waals surface area (Å²) in [6.45, 7) is 1.86. The maximum atomic E-state index is 13.4. The van der Waals surface area contributed by atoms with Crippen LogP contribution in [0.4, 0.5) is 5.69 Å². The summed E-state index contributed by atoms with van der Waals surface area (Å²) in [4.78, 5) is 0.118. The van der Waals surface area contributed by atoms with E-state index in [1.54, 1.807) is 12.1 Å². The summed E-state index contributed by atoms with van der Waals surface area (Å²) in [6, 6.07) is 18.2. The molecule has 0 fully saturated rings. The molecule has 0 unspecified atom stereocenters. The van der Waals surface area contributed by atoms with Gasteiger partial charge in [-0.25, -0.2) is 8.42 Å². The molecule has 0 radical (unpaired) electrons. The van der Waals surface area contributed by atoms with Gasteiger partial charge in [0.15, 0.2) is 0 Å². The minimum absolute atomic E-state index is 0.0180. The lowest BCUT2D eigenvalue weighted by molar-refractivity contribution is 0.474. The van der Waals surface area contributed by atoms with Crippen LogP contribution in [0.1, 0.15) is 18.5 Å². The zero-order valence-corrected chi connectivity index (χ0v) is 15.5. The highest BCUT2D eigenvalue weighted by Crippen LogP contribution is 2.47. The van der Waals surface area contributed by atoms with Crippen LogP contribution in [0.15, 0.2) is 71.6 Å².